The van der Waals surface area contributed by atoms with E-state index in [1.54, 1.807) is 0 Å². The second-order valence-corrected chi connectivity index (χ2v) is 17.1. The number of phosphoric ester groups is 3. The Kier molecular flexibility index (Phi) is 30.6. The SMILES string of the molecule is C#CC#CC#CC#CC#CC#CC#CC(=O)OC[C@H](COP(=O)(O)OC1C(O)[C@@H](OP(=O)(O)O)C(OP(=O)(O)O)[C@@H](O)[C@H]1O)OC(=O)CCCCCCCCCCCCCCC.N.[HH].[HH].[HH].[HH].[HH].[HH].[HH].[HH].[HH].[HH].[HH].[HH].[HH]. The van der Waals surface area contributed by atoms with Crippen molar-refractivity contribution < 1.29 is 109 Å². The van der Waals surface area contributed by atoms with Crippen LogP contribution < -0.4 is 6.15 Å². The van der Waals surface area contributed by atoms with E-state index in [0.717, 1.165) is 25.7 Å². The van der Waals surface area contributed by atoms with Crippen LogP contribution in [0.25, 0.3) is 0 Å². The number of aliphatic hydroxyl groups is 3. The highest BCUT2D eigenvalue weighted by atomic mass is 31.2. The first-order valence-electron chi connectivity index (χ1n) is 19.3. The lowest BCUT2D eigenvalue weighted by Gasteiger charge is -2.44. The van der Waals surface area contributed by atoms with Crippen LogP contribution in [0.5, 0.6) is 0 Å². The minimum atomic E-state index is -5.63. The first kappa shape index (κ1) is 59.0. The fourth-order valence-corrected chi connectivity index (χ4v) is 7.56. The summed E-state index contributed by atoms with van der Waals surface area (Å²) in [5.41, 5.74) is 0. The lowest BCUT2D eigenvalue weighted by atomic mass is 9.85. The molecule has 0 heterocycles. The number of phosphoric acid groups is 3. The van der Waals surface area contributed by atoms with Crippen LogP contribution in [0.4, 0.5) is 0 Å². The summed E-state index contributed by atoms with van der Waals surface area (Å²) in [7, 11) is -16.7. The molecule has 0 radical (unpaired) electrons. The van der Waals surface area contributed by atoms with Gasteiger partial charge in [-0.15, -0.1) is 6.42 Å². The molecule has 1 rings (SSSR count). The van der Waals surface area contributed by atoms with Crippen molar-refractivity contribution in [3.05, 3.63) is 0 Å². The zero-order valence-electron chi connectivity index (χ0n) is 34.5. The van der Waals surface area contributed by atoms with E-state index in [1.165, 1.54) is 44.9 Å². The van der Waals surface area contributed by atoms with Gasteiger partial charge in [0.2, 0.25) is 0 Å². The van der Waals surface area contributed by atoms with E-state index in [0.29, 0.717) is 12.8 Å². The van der Waals surface area contributed by atoms with Gasteiger partial charge in [0.15, 0.2) is 6.10 Å². The van der Waals surface area contributed by atoms with Gasteiger partial charge in [0.25, 0.3) is 0 Å². The summed E-state index contributed by atoms with van der Waals surface area (Å²) in [5, 5.41) is 31.7. The normalized spacial score (nSPS) is 20.3. The Morgan fingerprint density at radius 1 is 0.587 bits per heavy atom. The van der Waals surface area contributed by atoms with Gasteiger partial charge >= 0.3 is 35.4 Å². The zero-order valence-corrected chi connectivity index (χ0v) is 37.2. The van der Waals surface area contributed by atoms with Crippen LogP contribution in [0.2, 0.25) is 0 Å². The Bertz CT molecular complexity index is 2080. The van der Waals surface area contributed by atoms with E-state index < -0.39 is 91.3 Å². The van der Waals surface area contributed by atoms with Crippen molar-refractivity contribution in [2.24, 2.45) is 0 Å². The van der Waals surface area contributed by atoms with Crippen LogP contribution in [-0.2, 0) is 50.9 Å². The van der Waals surface area contributed by atoms with E-state index in [-0.39, 0.29) is 31.1 Å². The minimum Gasteiger partial charge on any atom is -0.456 e. The van der Waals surface area contributed by atoms with Crippen molar-refractivity contribution in [3.63, 3.8) is 0 Å². The van der Waals surface area contributed by atoms with Crippen molar-refractivity contribution in [1.82, 2.24) is 6.15 Å². The van der Waals surface area contributed by atoms with E-state index in [2.05, 4.69) is 87.0 Å². The molecule has 0 bridgehead atoms. The van der Waals surface area contributed by atoms with Crippen LogP contribution in [0.3, 0.4) is 0 Å². The van der Waals surface area contributed by atoms with Crippen LogP contribution in [0, 0.1) is 83.4 Å². The molecule has 4 unspecified atom stereocenters. The molecule has 8 atom stereocenters. The molecule has 1 aliphatic rings. The van der Waals surface area contributed by atoms with Crippen molar-refractivity contribution in [1.29, 1.82) is 0 Å². The summed E-state index contributed by atoms with van der Waals surface area (Å²) in [5.74, 6) is 27.6. The molecule has 0 aromatic rings. The van der Waals surface area contributed by atoms with Crippen molar-refractivity contribution in [3.8, 4) is 83.4 Å². The molecule has 1 fully saturated rings. The highest BCUT2D eigenvalue weighted by Gasteiger charge is 2.56. The quantitative estimate of drug-likeness (QED) is 0.0170. The molecule has 0 spiro atoms. The van der Waals surface area contributed by atoms with Crippen LogP contribution in [-0.4, -0.2) is 108 Å². The Morgan fingerprint density at radius 3 is 1.46 bits per heavy atom. The topological polar surface area (TPSA) is 338 Å². The molecular weight excluding hydrogens is 891 g/mol. The number of esters is 2. The first-order valence-corrected chi connectivity index (χ1v) is 23.9. The molecule has 11 N–H and O–H groups in total. The first-order chi connectivity index (χ1) is 29.3. The number of aliphatic hydroxyl groups excluding tert-OH is 3. The number of unbranched alkanes of at least 4 members (excludes halogenated alkanes) is 12. The standard InChI is InChI=1S/C40H51O19P3.H3N.13H2/c1-3-5-7-9-11-13-15-17-19-21-23-25-27-29-34(42)56-32(30-54-33(41)28-26-24-22-20-18-16-14-12-10-8-6-4-2)31-55-62(52,53)59-38-35(43)36(44)39(57-60(46,47)48)40(37(38)45)58-61(49,50)51;;;;;;;;;;;;;;/h2,32,35-40,43-45H,3,5,7,9,11,13,15,17,19,21,23,25,27,29-31H2,1H3,(H,52,53)(H2,46,47,48)(H2,49,50,51);1H3;13*1H/t32-,35-,36+,37?,38?,39?,40-;;;;;;;;;;;;;;/m1............../s1. The van der Waals surface area contributed by atoms with Gasteiger partial charge in [-0.1, -0.05) is 84.0 Å². The largest absolute Gasteiger partial charge is 0.472 e. The van der Waals surface area contributed by atoms with Gasteiger partial charge < -0.3 is 55.4 Å². The average Bonchev–Trinajstić information content (AvgIpc) is 3.19. The monoisotopic (exact) mass is 971 g/mol. The van der Waals surface area contributed by atoms with Gasteiger partial charge in [-0.2, -0.15) is 0 Å². The Labute approximate surface area is 386 Å². The Morgan fingerprint density at radius 2 is 1.00 bits per heavy atom. The Balaban J connectivity index is -0.000000229. The molecule has 0 saturated heterocycles. The van der Waals surface area contributed by atoms with Gasteiger partial charge in [-0.05, 0) is 77.5 Å². The third-order valence-corrected chi connectivity index (χ3v) is 10.3. The maximum Gasteiger partial charge on any atom is 0.472 e. The minimum absolute atomic E-state index is 0. The summed E-state index contributed by atoms with van der Waals surface area (Å²) >= 11 is 0. The van der Waals surface area contributed by atoms with Crippen molar-refractivity contribution >= 4 is 35.4 Å². The summed E-state index contributed by atoms with van der Waals surface area (Å²) in [4.78, 5) is 72.4. The molecule has 0 aromatic carbocycles. The smallest absolute Gasteiger partial charge is 0.456 e. The third kappa shape index (κ3) is 29.2. The van der Waals surface area contributed by atoms with E-state index >= 15 is 0 Å². The van der Waals surface area contributed by atoms with Gasteiger partial charge in [0.05, 0.1) is 6.61 Å². The van der Waals surface area contributed by atoms with Gasteiger partial charge in [-0.3, -0.25) is 22.9 Å². The summed E-state index contributed by atoms with van der Waals surface area (Å²) in [6, 6.07) is 0. The van der Waals surface area contributed by atoms with Crippen LogP contribution in [0.1, 0.15) is 115 Å². The lowest BCUT2D eigenvalue weighted by molar-refractivity contribution is -0.213. The average molecular weight is 972 g/mol. The summed E-state index contributed by atoms with van der Waals surface area (Å²) in [6.07, 6.45) is 1.86. The number of rotatable bonds is 26. The molecule has 23 heteroatoms. The number of ether oxygens (including phenoxy) is 2. The molecule has 0 aliphatic heterocycles. The number of hydrogen-bond acceptors (Lipinski definition) is 15. The van der Waals surface area contributed by atoms with Gasteiger partial charge in [-0.25, -0.2) is 18.5 Å². The predicted molar refractivity (Wildman–Crippen MR) is 252 cm³/mol. The number of carbonyl (C=O) groups excluding carboxylic acids is 2. The fraction of sp³-hybridized carbons (Fsp3) is 0.600. The van der Waals surface area contributed by atoms with Gasteiger partial charge in [0.1, 0.15) is 43.2 Å². The van der Waals surface area contributed by atoms with E-state index in [4.69, 9.17) is 24.9 Å². The maximum absolute atomic E-state index is 13.0. The Hall–Kier alpha value is -3.97. The van der Waals surface area contributed by atoms with E-state index in [9.17, 15) is 63.1 Å². The maximum atomic E-state index is 13.0. The summed E-state index contributed by atoms with van der Waals surface area (Å²) in [6.45, 7) is 0.353. The third-order valence-electron chi connectivity index (χ3n) is 8.26. The second-order valence-electron chi connectivity index (χ2n) is 13.3. The predicted octanol–water partition coefficient (Wildman–Crippen LogP) is 5.49. The van der Waals surface area contributed by atoms with Gasteiger partial charge in [0, 0.05) is 30.9 Å². The van der Waals surface area contributed by atoms with E-state index in [1.807, 2.05) is 5.92 Å². The molecular formula is C40H80NO19P3. The van der Waals surface area contributed by atoms with Crippen molar-refractivity contribution in [2.75, 3.05) is 13.2 Å². The highest BCUT2D eigenvalue weighted by Crippen LogP contribution is 2.51. The number of terminal acetylenes is 1. The second kappa shape index (κ2) is 32.7. The molecule has 374 valence electrons. The molecule has 20 nitrogen and oxygen atoms in total. The van der Waals surface area contributed by atoms with Crippen molar-refractivity contribution in [2.45, 2.75) is 140 Å². The molecule has 63 heavy (non-hydrogen) atoms. The lowest BCUT2D eigenvalue weighted by Crippen LogP contribution is -2.65. The zero-order chi connectivity index (χ0) is 46.4. The molecule has 1 saturated carbocycles. The van der Waals surface area contributed by atoms with Crippen LogP contribution in [0.15, 0.2) is 0 Å². The number of carbonyl (C=O) groups is 2. The molecule has 0 aromatic heterocycles. The summed E-state index contributed by atoms with van der Waals surface area (Å²) < 4.78 is 64.5. The molecule has 1 aliphatic carbocycles. The highest BCUT2D eigenvalue weighted by molar-refractivity contribution is 7.47. The number of hydrogen-bond donors (Lipinski definition) is 9. The fourth-order valence-electron chi connectivity index (χ4n) is 5.47. The van der Waals surface area contributed by atoms with Crippen LogP contribution >= 0.6 is 23.5 Å². The molecule has 0 amide bonds.